The molecule has 2 atom stereocenters. The molecule has 1 N–H and O–H groups in total. The molecule has 0 bridgehead atoms. The molecule has 3 aliphatic rings. The summed E-state index contributed by atoms with van der Waals surface area (Å²) < 4.78 is 24.2. The molecule has 0 saturated heterocycles. The van der Waals surface area contributed by atoms with E-state index >= 15 is 0 Å². The Morgan fingerprint density at radius 2 is 1.71 bits per heavy atom. The van der Waals surface area contributed by atoms with Crippen molar-refractivity contribution in [1.82, 2.24) is 9.55 Å². The van der Waals surface area contributed by atoms with Crippen molar-refractivity contribution >= 4 is 34.8 Å². The molecule has 0 fully saturated rings. The number of aromatic nitrogens is 2. The molecule has 12 nitrogen and oxygen atoms in total. The molecule has 264 valence electrons. The van der Waals surface area contributed by atoms with Gasteiger partial charge in [0, 0.05) is 16.5 Å². The van der Waals surface area contributed by atoms with Gasteiger partial charge in [0.1, 0.15) is 23.9 Å². The highest BCUT2D eigenvalue weighted by molar-refractivity contribution is 5.90. The van der Waals surface area contributed by atoms with E-state index in [2.05, 4.69) is 0 Å². The summed E-state index contributed by atoms with van der Waals surface area (Å²) in [6.07, 6.45) is 0.613. The lowest BCUT2D eigenvalue weighted by Crippen LogP contribution is -2.32. The van der Waals surface area contributed by atoms with Crippen LogP contribution in [0.3, 0.4) is 0 Å². The Kier molecular flexibility index (Phi) is 8.64. The number of carboxylic acid groups (broad SMARTS) is 1. The molecular weight excluding hydrogens is 656 g/mol. The van der Waals surface area contributed by atoms with Crippen LogP contribution in [0.2, 0.25) is 0 Å². The topological polar surface area (TPSA) is 160 Å². The highest BCUT2D eigenvalue weighted by atomic mass is 16.5. The van der Waals surface area contributed by atoms with Crippen LogP contribution in [0.4, 0.5) is 0 Å². The number of hydrogen-bond donors (Lipinski definition) is 1. The zero-order valence-corrected chi connectivity index (χ0v) is 29.1. The Hall–Kier alpha value is -5.52. The van der Waals surface area contributed by atoms with Crippen molar-refractivity contribution < 1.29 is 43.2 Å². The number of esters is 3. The number of aryl methyl sites for hydroxylation is 1. The standard InChI is InChI=1S/C39H38N2O10/c1-6-22-26-14-21(8-10-29(26)40-34-27(22)16-41-30(34)15-25-23(7-2)39(47)48-17-28(25)37(41)44)49-32(42)12-13-33(43)51-35-18(3)19(4)36-24(20(35)5)9-11-31(50-36)38(45)46/h8,10,14-15,23,31H,6-7,9,11-13,16-17H2,1-5H3,(H,45,46)/t23-,31?/m1/s1. The van der Waals surface area contributed by atoms with Gasteiger partial charge < -0.3 is 28.6 Å². The van der Waals surface area contributed by atoms with Gasteiger partial charge in [-0.15, -0.1) is 0 Å². The Bertz CT molecular complexity index is 2250. The van der Waals surface area contributed by atoms with E-state index in [1.165, 1.54) is 0 Å². The fraction of sp³-hybridized carbons (Fsp3) is 0.385. The predicted molar refractivity (Wildman–Crippen MR) is 184 cm³/mol. The average Bonchev–Trinajstić information content (AvgIpc) is 3.48. The van der Waals surface area contributed by atoms with E-state index in [9.17, 15) is 29.1 Å². The first-order chi connectivity index (χ1) is 24.4. The van der Waals surface area contributed by atoms with Crippen molar-refractivity contribution in [3.05, 3.63) is 79.1 Å². The molecule has 0 radical (unpaired) electrons. The third kappa shape index (κ3) is 5.72. The quantitative estimate of drug-likeness (QED) is 0.161. The fourth-order valence-corrected chi connectivity index (χ4v) is 7.60. The van der Waals surface area contributed by atoms with Gasteiger partial charge in [0.2, 0.25) is 0 Å². The minimum atomic E-state index is -1.02. The van der Waals surface area contributed by atoms with E-state index in [1.807, 2.05) is 26.8 Å². The Labute approximate surface area is 293 Å². The summed E-state index contributed by atoms with van der Waals surface area (Å²) in [7, 11) is 0. The predicted octanol–water partition coefficient (Wildman–Crippen LogP) is 5.53. The highest BCUT2D eigenvalue weighted by Crippen LogP contribution is 2.42. The van der Waals surface area contributed by atoms with Crippen molar-refractivity contribution in [2.24, 2.45) is 0 Å². The second-order valence-corrected chi connectivity index (χ2v) is 13.3. The van der Waals surface area contributed by atoms with Crippen molar-refractivity contribution in [3.63, 3.8) is 0 Å². The average molecular weight is 695 g/mol. The van der Waals surface area contributed by atoms with Gasteiger partial charge in [-0.2, -0.15) is 0 Å². The van der Waals surface area contributed by atoms with Crippen LogP contribution in [0.5, 0.6) is 17.2 Å². The van der Waals surface area contributed by atoms with Crippen LogP contribution < -0.4 is 19.8 Å². The fourth-order valence-electron chi connectivity index (χ4n) is 7.60. The third-order valence-corrected chi connectivity index (χ3v) is 10.4. The van der Waals surface area contributed by atoms with Crippen molar-refractivity contribution in [2.45, 2.75) is 98.3 Å². The number of fused-ring (bicyclic) bond motifs is 6. The van der Waals surface area contributed by atoms with Gasteiger partial charge in [-0.3, -0.25) is 19.2 Å². The number of carbonyl (C=O) groups excluding carboxylic acids is 3. The number of aliphatic carboxylic acids is 1. The number of rotatable bonds is 8. The van der Waals surface area contributed by atoms with Crippen LogP contribution in [-0.2, 0) is 49.9 Å². The molecule has 2 aromatic heterocycles. The van der Waals surface area contributed by atoms with Gasteiger partial charge in [0.25, 0.3) is 5.56 Å². The Morgan fingerprint density at radius 3 is 2.41 bits per heavy atom. The van der Waals surface area contributed by atoms with E-state index in [4.69, 9.17) is 23.9 Å². The lowest BCUT2D eigenvalue weighted by molar-refractivity contribution is -0.148. The summed E-state index contributed by atoms with van der Waals surface area (Å²) in [6.45, 7) is 9.60. The van der Waals surface area contributed by atoms with Crippen molar-refractivity contribution in [1.29, 1.82) is 0 Å². The number of cyclic esters (lactones) is 1. The summed E-state index contributed by atoms with van der Waals surface area (Å²) in [5, 5.41) is 10.2. The van der Waals surface area contributed by atoms with E-state index in [-0.39, 0.29) is 31.0 Å². The molecule has 7 rings (SSSR count). The first kappa shape index (κ1) is 34.0. The smallest absolute Gasteiger partial charge is 0.344 e. The number of pyridine rings is 2. The first-order valence-corrected chi connectivity index (χ1v) is 17.2. The molecule has 5 heterocycles. The third-order valence-electron chi connectivity index (χ3n) is 10.4. The van der Waals surface area contributed by atoms with Gasteiger partial charge in [-0.1, -0.05) is 13.8 Å². The Morgan fingerprint density at radius 1 is 0.961 bits per heavy atom. The second kappa shape index (κ2) is 13.0. The molecule has 0 saturated carbocycles. The number of carbonyl (C=O) groups is 4. The van der Waals surface area contributed by atoms with Gasteiger partial charge >= 0.3 is 23.9 Å². The van der Waals surface area contributed by atoms with Crippen LogP contribution in [0.25, 0.3) is 22.3 Å². The summed E-state index contributed by atoms with van der Waals surface area (Å²) >= 11 is 0. The van der Waals surface area contributed by atoms with Crippen LogP contribution in [0, 0.1) is 20.8 Å². The van der Waals surface area contributed by atoms with Crippen molar-refractivity contribution in [2.75, 3.05) is 0 Å². The minimum Gasteiger partial charge on any atom is -0.479 e. The summed E-state index contributed by atoms with van der Waals surface area (Å²) in [5.41, 5.74) is 7.86. The van der Waals surface area contributed by atoms with E-state index in [0.29, 0.717) is 94.2 Å². The largest absolute Gasteiger partial charge is 0.479 e. The SMILES string of the molecule is CCc1c2c(nc3ccc(OC(=O)CCC(=O)Oc4c(C)c(C)c5c(c4C)CCC(C(=O)O)O5)cc13)-c1cc3c(c(=O)n1C2)COC(=O)[C@@H]3CC. The van der Waals surface area contributed by atoms with Gasteiger partial charge in [0.15, 0.2) is 6.10 Å². The van der Waals surface area contributed by atoms with Gasteiger partial charge in [-0.05, 0) is 98.5 Å². The maximum Gasteiger partial charge on any atom is 0.344 e. The lowest BCUT2D eigenvalue weighted by Gasteiger charge is -2.28. The summed E-state index contributed by atoms with van der Waals surface area (Å²) in [5.74, 6) is -1.82. The normalized spacial score (nSPS) is 17.1. The van der Waals surface area contributed by atoms with Crippen LogP contribution in [0.1, 0.15) is 90.0 Å². The molecule has 0 spiro atoms. The van der Waals surface area contributed by atoms with Gasteiger partial charge in [-0.25, -0.2) is 9.78 Å². The molecule has 3 aliphatic heterocycles. The molecule has 4 aromatic rings. The Balaban J connectivity index is 1.07. The second-order valence-electron chi connectivity index (χ2n) is 13.3. The van der Waals surface area contributed by atoms with Crippen LogP contribution in [0.15, 0.2) is 29.1 Å². The monoisotopic (exact) mass is 694 g/mol. The maximum absolute atomic E-state index is 13.6. The van der Waals surface area contributed by atoms with E-state index in [1.54, 1.807) is 36.6 Å². The van der Waals surface area contributed by atoms with Crippen LogP contribution >= 0.6 is 0 Å². The summed E-state index contributed by atoms with van der Waals surface area (Å²) in [6, 6.07) is 7.09. The van der Waals surface area contributed by atoms with Crippen molar-refractivity contribution in [3.8, 4) is 28.6 Å². The molecule has 0 amide bonds. The zero-order chi connectivity index (χ0) is 36.3. The minimum absolute atomic E-state index is 0.0401. The zero-order valence-electron chi connectivity index (χ0n) is 29.1. The molecule has 1 unspecified atom stereocenters. The lowest BCUT2D eigenvalue weighted by atomic mass is 9.90. The number of hydrogen-bond acceptors (Lipinski definition) is 10. The number of benzene rings is 2. The van der Waals surface area contributed by atoms with Gasteiger partial charge in [0.05, 0.1) is 47.8 Å². The number of carboxylic acids is 1. The van der Waals surface area contributed by atoms with E-state index < -0.39 is 29.9 Å². The number of nitrogens with zero attached hydrogens (tertiary/aromatic N) is 2. The molecule has 51 heavy (non-hydrogen) atoms. The van der Waals surface area contributed by atoms with Crippen LogP contribution in [-0.4, -0.2) is 44.6 Å². The van der Waals surface area contributed by atoms with E-state index in [0.717, 1.165) is 22.1 Å². The number of ether oxygens (including phenoxy) is 4. The first-order valence-electron chi connectivity index (χ1n) is 17.2. The molecular formula is C39H38N2O10. The maximum atomic E-state index is 13.6. The molecule has 12 heteroatoms. The summed E-state index contributed by atoms with van der Waals surface area (Å²) in [4.78, 5) is 68.3. The molecule has 2 aromatic carbocycles. The molecule has 0 aliphatic carbocycles. The highest BCUT2D eigenvalue weighted by Gasteiger charge is 2.35.